The van der Waals surface area contributed by atoms with E-state index in [0.29, 0.717) is 13.1 Å². The zero-order chi connectivity index (χ0) is 20.3. The average molecular weight is 406 g/mol. The molecule has 0 saturated carbocycles. The first-order chi connectivity index (χ1) is 13.3. The van der Waals surface area contributed by atoms with E-state index in [1.807, 2.05) is 24.3 Å². The molecule has 0 aliphatic carbocycles. The third kappa shape index (κ3) is 4.34. The van der Waals surface area contributed by atoms with Crippen LogP contribution in [0.2, 0.25) is 0 Å². The summed E-state index contributed by atoms with van der Waals surface area (Å²) in [5.41, 5.74) is 1.11. The number of methoxy groups -OCH3 is 1. The highest BCUT2D eigenvalue weighted by molar-refractivity contribution is 7.89. The molecule has 1 N–H and O–H groups in total. The van der Waals surface area contributed by atoms with Gasteiger partial charge in [-0.3, -0.25) is 4.79 Å². The molecule has 0 bridgehead atoms. The topological polar surface area (TPSA) is 75.7 Å². The smallest absolute Gasteiger partial charge is 0.244 e. The van der Waals surface area contributed by atoms with Crippen LogP contribution < -0.4 is 9.46 Å². The van der Waals surface area contributed by atoms with Gasteiger partial charge in [-0.2, -0.15) is 4.72 Å². The highest BCUT2D eigenvalue weighted by Crippen LogP contribution is 2.29. The van der Waals surface area contributed by atoms with E-state index in [2.05, 4.69) is 4.72 Å². The van der Waals surface area contributed by atoms with Gasteiger partial charge >= 0.3 is 0 Å². The number of amides is 1. The first-order valence-electron chi connectivity index (χ1n) is 9.01. The Morgan fingerprint density at radius 3 is 2.54 bits per heavy atom. The van der Waals surface area contributed by atoms with Crippen LogP contribution >= 0.6 is 0 Å². The molecule has 1 amide bonds. The third-order valence-electron chi connectivity index (χ3n) is 4.92. The van der Waals surface area contributed by atoms with E-state index >= 15 is 0 Å². The van der Waals surface area contributed by atoms with Crippen molar-refractivity contribution in [3.8, 4) is 5.75 Å². The fourth-order valence-corrected chi connectivity index (χ4v) is 4.67. The standard InChI is InChI=1S/C20H23FN2O4S/c1-14(22-28(25,26)19-6-4-3-5-18(19)21)20(24)23-12-11-16(13-23)15-7-9-17(27-2)10-8-15/h3-10,14,16,22H,11-13H2,1-2H3/t14-,16?/m0/s1. The number of halogens is 1. The zero-order valence-electron chi connectivity index (χ0n) is 15.8. The van der Waals surface area contributed by atoms with Gasteiger partial charge < -0.3 is 9.64 Å². The Hall–Kier alpha value is -2.45. The van der Waals surface area contributed by atoms with Crippen molar-refractivity contribution in [3.05, 3.63) is 59.9 Å². The Bertz CT molecular complexity index is 947. The molecule has 1 saturated heterocycles. The first-order valence-corrected chi connectivity index (χ1v) is 10.5. The summed E-state index contributed by atoms with van der Waals surface area (Å²) in [5.74, 6) is -0.220. The van der Waals surface area contributed by atoms with Crippen molar-refractivity contribution in [2.45, 2.75) is 30.2 Å². The van der Waals surface area contributed by atoms with Crippen LogP contribution in [0.15, 0.2) is 53.4 Å². The van der Waals surface area contributed by atoms with Crippen LogP contribution in [-0.4, -0.2) is 45.5 Å². The first kappa shape index (κ1) is 20.3. The second-order valence-electron chi connectivity index (χ2n) is 6.82. The Morgan fingerprint density at radius 2 is 1.89 bits per heavy atom. The number of sulfonamides is 1. The molecule has 2 aromatic rings. The summed E-state index contributed by atoms with van der Waals surface area (Å²) in [6.07, 6.45) is 0.796. The summed E-state index contributed by atoms with van der Waals surface area (Å²) in [5, 5.41) is 0. The maximum absolute atomic E-state index is 13.8. The van der Waals surface area contributed by atoms with Gasteiger partial charge in [0.2, 0.25) is 15.9 Å². The summed E-state index contributed by atoms with van der Waals surface area (Å²) in [6, 6.07) is 11.8. The molecule has 2 aromatic carbocycles. The van der Waals surface area contributed by atoms with Gasteiger partial charge in [-0.1, -0.05) is 24.3 Å². The fourth-order valence-electron chi connectivity index (χ4n) is 3.39. The maximum Gasteiger partial charge on any atom is 0.244 e. The van der Waals surface area contributed by atoms with Gasteiger partial charge in [0.15, 0.2) is 0 Å². The minimum Gasteiger partial charge on any atom is -0.497 e. The molecule has 8 heteroatoms. The van der Waals surface area contributed by atoms with Crippen LogP contribution in [0.25, 0.3) is 0 Å². The normalized spacial score (nSPS) is 18.1. The average Bonchev–Trinajstić information content (AvgIpc) is 3.17. The van der Waals surface area contributed by atoms with Crippen molar-refractivity contribution in [3.63, 3.8) is 0 Å². The number of nitrogens with zero attached hydrogens (tertiary/aromatic N) is 1. The molecule has 1 aliphatic rings. The zero-order valence-corrected chi connectivity index (χ0v) is 16.6. The predicted octanol–water partition coefficient (Wildman–Crippen LogP) is 2.52. The number of nitrogens with one attached hydrogen (secondary N) is 1. The van der Waals surface area contributed by atoms with Gasteiger partial charge in [0.05, 0.1) is 13.2 Å². The van der Waals surface area contributed by atoms with Gasteiger partial charge in [-0.15, -0.1) is 0 Å². The second-order valence-corrected chi connectivity index (χ2v) is 8.50. The molecule has 0 spiro atoms. The van der Waals surface area contributed by atoms with Crippen molar-refractivity contribution in [1.29, 1.82) is 0 Å². The molecule has 0 aromatic heterocycles. The number of likely N-dealkylation sites (tertiary alicyclic amines) is 1. The highest BCUT2D eigenvalue weighted by atomic mass is 32.2. The number of rotatable bonds is 6. The van der Waals surface area contributed by atoms with E-state index in [1.54, 1.807) is 12.0 Å². The SMILES string of the molecule is COc1ccc(C2CCN(C(=O)[C@H](C)NS(=O)(=O)c3ccccc3F)C2)cc1. The van der Waals surface area contributed by atoms with Crippen LogP contribution in [0.5, 0.6) is 5.75 Å². The number of hydrogen-bond acceptors (Lipinski definition) is 4. The van der Waals surface area contributed by atoms with Crippen LogP contribution in [0, 0.1) is 5.82 Å². The van der Waals surface area contributed by atoms with E-state index in [0.717, 1.165) is 23.8 Å². The van der Waals surface area contributed by atoms with E-state index in [4.69, 9.17) is 4.74 Å². The van der Waals surface area contributed by atoms with E-state index < -0.39 is 26.8 Å². The van der Waals surface area contributed by atoms with E-state index in [-0.39, 0.29) is 11.8 Å². The minimum absolute atomic E-state index is 0.185. The van der Waals surface area contributed by atoms with Crippen LogP contribution in [0.3, 0.4) is 0 Å². The van der Waals surface area contributed by atoms with Gasteiger partial charge in [-0.05, 0) is 43.2 Å². The monoisotopic (exact) mass is 406 g/mol. The summed E-state index contributed by atoms with van der Waals surface area (Å²) in [7, 11) is -2.52. The maximum atomic E-state index is 13.8. The molecule has 0 radical (unpaired) electrons. The Kier molecular flexibility index (Phi) is 6.00. The van der Waals surface area contributed by atoms with Crippen LogP contribution in [0.4, 0.5) is 4.39 Å². The van der Waals surface area contributed by atoms with Gasteiger partial charge in [0, 0.05) is 19.0 Å². The second kappa shape index (κ2) is 8.28. The van der Waals surface area contributed by atoms with Crippen LogP contribution in [-0.2, 0) is 14.8 Å². The number of carbonyl (C=O) groups excluding carboxylic acids is 1. The Balaban J connectivity index is 1.64. The molecule has 28 heavy (non-hydrogen) atoms. The highest BCUT2D eigenvalue weighted by Gasteiger charge is 2.32. The number of ether oxygens (including phenoxy) is 1. The lowest BCUT2D eigenvalue weighted by atomic mass is 9.98. The molecule has 2 atom stereocenters. The summed E-state index contributed by atoms with van der Waals surface area (Å²) >= 11 is 0. The van der Waals surface area contributed by atoms with Gasteiger partial charge in [0.1, 0.15) is 16.5 Å². The summed E-state index contributed by atoms with van der Waals surface area (Å²) < 4.78 is 46.0. The molecule has 6 nitrogen and oxygen atoms in total. The predicted molar refractivity (Wildman–Crippen MR) is 103 cm³/mol. The van der Waals surface area contributed by atoms with Gasteiger partial charge in [0.25, 0.3) is 0 Å². The van der Waals surface area contributed by atoms with E-state index in [1.165, 1.54) is 25.1 Å². The fraction of sp³-hybridized carbons (Fsp3) is 0.350. The number of carbonyl (C=O) groups is 1. The van der Waals surface area contributed by atoms with Crippen molar-refractivity contribution < 1.29 is 22.3 Å². The Morgan fingerprint density at radius 1 is 1.21 bits per heavy atom. The molecule has 1 unspecified atom stereocenters. The van der Waals surface area contributed by atoms with Crippen molar-refractivity contribution in [2.24, 2.45) is 0 Å². The summed E-state index contributed by atoms with van der Waals surface area (Å²) in [6.45, 7) is 2.53. The largest absolute Gasteiger partial charge is 0.497 e. The van der Waals surface area contributed by atoms with E-state index in [9.17, 15) is 17.6 Å². The minimum atomic E-state index is -4.12. The van der Waals surface area contributed by atoms with Crippen LogP contribution in [0.1, 0.15) is 24.8 Å². The Labute approximate surface area is 164 Å². The van der Waals surface area contributed by atoms with Crippen molar-refractivity contribution >= 4 is 15.9 Å². The third-order valence-corrected chi connectivity index (χ3v) is 6.49. The quantitative estimate of drug-likeness (QED) is 0.800. The molecule has 3 rings (SSSR count). The lowest BCUT2D eigenvalue weighted by Crippen LogP contribution is -2.46. The molecular weight excluding hydrogens is 383 g/mol. The lowest BCUT2D eigenvalue weighted by molar-refractivity contribution is -0.131. The number of benzene rings is 2. The molecule has 150 valence electrons. The molecule has 1 fully saturated rings. The van der Waals surface area contributed by atoms with Crippen molar-refractivity contribution in [2.75, 3.05) is 20.2 Å². The van der Waals surface area contributed by atoms with Crippen molar-refractivity contribution in [1.82, 2.24) is 9.62 Å². The molecule has 1 heterocycles. The summed E-state index contributed by atoms with van der Waals surface area (Å²) in [4.78, 5) is 13.9. The number of hydrogen-bond donors (Lipinski definition) is 1. The molecular formula is C20H23FN2O4S. The van der Waals surface area contributed by atoms with Gasteiger partial charge in [-0.25, -0.2) is 12.8 Å². The lowest BCUT2D eigenvalue weighted by Gasteiger charge is -2.22. The molecule has 1 aliphatic heterocycles.